The highest BCUT2D eigenvalue weighted by Crippen LogP contribution is 2.26. The maximum Gasteiger partial charge on any atom is 0.253 e. The molecule has 0 aliphatic heterocycles. The molecule has 0 atom stereocenters. The molecule has 19 heavy (non-hydrogen) atoms. The quantitative estimate of drug-likeness (QED) is 0.622. The van der Waals surface area contributed by atoms with Crippen LogP contribution >= 0.6 is 0 Å². The first kappa shape index (κ1) is 15.7. The summed E-state index contributed by atoms with van der Waals surface area (Å²) in [5, 5.41) is 11.1. The fourth-order valence-electron chi connectivity index (χ4n) is 1.62. The van der Waals surface area contributed by atoms with E-state index in [4.69, 9.17) is 5.11 Å². The number of hydrogen-bond acceptors (Lipinski definition) is 3. The lowest BCUT2D eigenvalue weighted by Gasteiger charge is -2.25. The van der Waals surface area contributed by atoms with E-state index in [0.717, 1.165) is 0 Å². The molecule has 0 spiro atoms. The second-order valence-corrected chi connectivity index (χ2v) is 5.04. The van der Waals surface area contributed by atoms with Gasteiger partial charge in [0, 0.05) is 13.2 Å². The molecule has 108 valence electrons. The summed E-state index contributed by atoms with van der Waals surface area (Å²) in [6.07, 6.45) is 1.12. The van der Waals surface area contributed by atoms with E-state index in [1.165, 1.54) is 0 Å². The SMILES string of the molecule is CC(C)(CCCO)CNc1c(F)c(F)nc(F)c1F. The van der Waals surface area contributed by atoms with Gasteiger partial charge in [-0.3, -0.25) is 0 Å². The van der Waals surface area contributed by atoms with Crippen molar-refractivity contribution >= 4 is 5.69 Å². The Balaban J connectivity index is 2.83. The molecule has 1 heterocycles. The Bertz CT molecular complexity index is 426. The number of anilines is 1. The molecule has 0 aliphatic carbocycles. The summed E-state index contributed by atoms with van der Waals surface area (Å²) >= 11 is 0. The predicted octanol–water partition coefficient (Wildman–Crippen LogP) is 2.85. The van der Waals surface area contributed by atoms with Crippen molar-refractivity contribution in [2.45, 2.75) is 26.7 Å². The van der Waals surface area contributed by atoms with Crippen molar-refractivity contribution in [2.24, 2.45) is 5.41 Å². The molecule has 0 aliphatic rings. The molecule has 2 N–H and O–H groups in total. The Labute approximate surface area is 108 Å². The van der Waals surface area contributed by atoms with E-state index >= 15 is 0 Å². The monoisotopic (exact) mass is 280 g/mol. The van der Waals surface area contributed by atoms with Crippen molar-refractivity contribution in [1.29, 1.82) is 0 Å². The van der Waals surface area contributed by atoms with Crippen molar-refractivity contribution in [3.8, 4) is 0 Å². The van der Waals surface area contributed by atoms with Gasteiger partial charge in [0.05, 0.1) is 0 Å². The minimum Gasteiger partial charge on any atom is -0.396 e. The summed E-state index contributed by atoms with van der Waals surface area (Å²) in [5.74, 6) is -6.46. The van der Waals surface area contributed by atoms with Gasteiger partial charge in [-0.05, 0) is 18.3 Å². The summed E-state index contributed by atoms with van der Waals surface area (Å²) in [6, 6.07) is 0. The van der Waals surface area contributed by atoms with Crippen LogP contribution in [0.3, 0.4) is 0 Å². The topological polar surface area (TPSA) is 45.1 Å². The van der Waals surface area contributed by atoms with Gasteiger partial charge >= 0.3 is 0 Å². The third-order valence-corrected chi connectivity index (χ3v) is 2.75. The highest BCUT2D eigenvalue weighted by atomic mass is 19.2. The van der Waals surface area contributed by atoms with Gasteiger partial charge in [0.15, 0.2) is 0 Å². The first-order valence-corrected chi connectivity index (χ1v) is 5.83. The highest BCUT2D eigenvalue weighted by Gasteiger charge is 2.23. The Morgan fingerprint density at radius 3 is 2.11 bits per heavy atom. The first-order valence-electron chi connectivity index (χ1n) is 5.83. The van der Waals surface area contributed by atoms with Crippen LogP contribution in [0.25, 0.3) is 0 Å². The standard InChI is InChI=1S/C12H16F4N2O/c1-12(2,4-3-5-19)6-17-9-7(13)10(15)18-11(16)8(9)14/h19H,3-6H2,1-2H3,(H,17,18). The maximum atomic E-state index is 13.3. The lowest BCUT2D eigenvalue weighted by molar-refractivity contribution is 0.247. The number of rotatable bonds is 6. The molecule has 0 saturated carbocycles. The zero-order chi connectivity index (χ0) is 14.6. The summed E-state index contributed by atoms with van der Waals surface area (Å²) in [4.78, 5) is 2.47. The summed E-state index contributed by atoms with van der Waals surface area (Å²) in [7, 11) is 0. The fraction of sp³-hybridized carbons (Fsp3) is 0.583. The van der Waals surface area contributed by atoms with E-state index in [0.29, 0.717) is 12.8 Å². The van der Waals surface area contributed by atoms with Crippen LogP contribution in [0.4, 0.5) is 23.2 Å². The van der Waals surface area contributed by atoms with Crippen LogP contribution in [0, 0.1) is 28.9 Å². The van der Waals surface area contributed by atoms with Crippen LogP contribution in [0.2, 0.25) is 0 Å². The Morgan fingerprint density at radius 1 is 1.11 bits per heavy atom. The number of nitrogens with one attached hydrogen (secondary N) is 1. The summed E-state index contributed by atoms with van der Waals surface area (Å²) < 4.78 is 52.4. The molecule has 3 nitrogen and oxygen atoms in total. The van der Waals surface area contributed by atoms with Crippen LogP contribution in [0.15, 0.2) is 0 Å². The average molecular weight is 280 g/mol. The Hall–Kier alpha value is -1.37. The zero-order valence-electron chi connectivity index (χ0n) is 10.7. The fourth-order valence-corrected chi connectivity index (χ4v) is 1.62. The van der Waals surface area contributed by atoms with Gasteiger partial charge < -0.3 is 10.4 Å². The van der Waals surface area contributed by atoms with Crippen LogP contribution in [-0.2, 0) is 0 Å². The normalized spacial score (nSPS) is 11.7. The summed E-state index contributed by atoms with van der Waals surface area (Å²) in [5.41, 5.74) is -1.25. The molecule has 0 unspecified atom stereocenters. The highest BCUT2D eigenvalue weighted by molar-refractivity contribution is 5.45. The minimum atomic E-state index is -1.69. The molecule has 0 radical (unpaired) electrons. The molecule has 0 saturated heterocycles. The largest absolute Gasteiger partial charge is 0.396 e. The molecular weight excluding hydrogens is 264 g/mol. The second kappa shape index (κ2) is 6.18. The lowest BCUT2D eigenvalue weighted by atomic mass is 9.88. The number of hydrogen-bond donors (Lipinski definition) is 2. The number of nitrogens with zero attached hydrogens (tertiary/aromatic N) is 1. The number of pyridine rings is 1. The number of aliphatic hydroxyl groups excluding tert-OH is 1. The maximum absolute atomic E-state index is 13.3. The Kier molecular flexibility index (Phi) is 5.11. The average Bonchev–Trinajstić information content (AvgIpc) is 2.34. The van der Waals surface area contributed by atoms with E-state index < -0.39 is 34.6 Å². The zero-order valence-corrected chi connectivity index (χ0v) is 10.7. The number of aromatic nitrogens is 1. The van der Waals surface area contributed by atoms with Crippen LogP contribution in [-0.4, -0.2) is 23.2 Å². The van der Waals surface area contributed by atoms with E-state index in [2.05, 4.69) is 10.3 Å². The minimum absolute atomic E-state index is 0.00463. The lowest BCUT2D eigenvalue weighted by Crippen LogP contribution is -2.25. The van der Waals surface area contributed by atoms with Crippen molar-refractivity contribution < 1.29 is 22.7 Å². The van der Waals surface area contributed by atoms with Gasteiger partial charge in [-0.15, -0.1) is 0 Å². The third-order valence-electron chi connectivity index (χ3n) is 2.75. The van der Waals surface area contributed by atoms with Crippen molar-refractivity contribution in [1.82, 2.24) is 4.98 Å². The molecule has 7 heteroatoms. The van der Waals surface area contributed by atoms with Crippen molar-refractivity contribution in [2.75, 3.05) is 18.5 Å². The molecule has 1 aromatic rings. The van der Waals surface area contributed by atoms with Gasteiger partial charge in [-0.2, -0.15) is 22.5 Å². The molecule has 0 fully saturated rings. The van der Waals surface area contributed by atoms with Crippen LogP contribution in [0.5, 0.6) is 0 Å². The van der Waals surface area contributed by atoms with E-state index in [-0.39, 0.29) is 13.2 Å². The van der Waals surface area contributed by atoms with Crippen LogP contribution in [0.1, 0.15) is 26.7 Å². The molecule has 0 aromatic carbocycles. The number of aliphatic hydroxyl groups is 1. The van der Waals surface area contributed by atoms with Crippen molar-refractivity contribution in [3.63, 3.8) is 0 Å². The van der Waals surface area contributed by atoms with Crippen molar-refractivity contribution in [3.05, 3.63) is 23.5 Å². The predicted molar refractivity (Wildman–Crippen MR) is 62.7 cm³/mol. The number of halogens is 4. The smallest absolute Gasteiger partial charge is 0.253 e. The third kappa shape index (κ3) is 4.05. The van der Waals surface area contributed by atoms with E-state index in [9.17, 15) is 17.6 Å². The van der Waals surface area contributed by atoms with Gasteiger partial charge in [0.2, 0.25) is 11.6 Å². The Morgan fingerprint density at radius 2 is 1.63 bits per heavy atom. The molecule has 0 amide bonds. The molecule has 1 rings (SSSR count). The molecule has 1 aromatic heterocycles. The van der Waals surface area contributed by atoms with Gasteiger partial charge in [-0.25, -0.2) is 0 Å². The molecular formula is C12H16F4N2O. The second-order valence-electron chi connectivity index (χ2n) is 5.04. The van der Waals surface area contributed by atoms with E-state index in [1.807, 2.05) is 0 Å². The van der Waals surface area contributed by atoms with Crippen LogP contribution < -0.4 is 5.32 Å². The molecule has 0 bridgehead atoms. The van der Waals surface area contributed by atoms with Gasteiger partial charge in [0.25, 0.3) is 11.9 Å². The van der Waals surface area contributed by atoms with Gasteiger partial charge in [-0.1, -0.05) is 13.8 Å². The van der Waals surface area contributed by atoms with Gasteiger partial charge in [0.1, 0.15) is 5.69 Å². The van der Waals surface area contributed by atoms with E-state index in [1.54, 1.807) is 13.8 Å². The first-order chi connectivity index (χ1) is 8.78. The summed E-state index contributed by atoms with van der Waals surface area (Å²) in [6.45, 7) is 3.72.